The van der Waals surface area contributed by atoms with Crippen molar-refractivity contribution in [3.8, 4) is 5.69 Å². The lowest BCUT2D eigenvalue weighted by Crippen LogP contribution is -2.44. The molecule has 28 heavy (non-hydrogen) atoms. The Morgan fingerprint density at radius 1 is 1.14 bits per heavy atom. The standard InChI is InChI=1S/C22H23FN4O/c23-17-6-3-16-13-25-27(21(16)12-17)18-7-4-15(5-8-18)22(28)20-2-1-11-26(20)19-9-10-24-14-19/h3-8,12-13,19-20,24H,1-2,9-11,14H2. The highest BCUT2D eigenvalue weighted by atomic mass is 19.1. The Balaban J connectivity index is 1.40. The minimum Gasteiger partial charge on any atom is -0.315 e. The van der Waals surface area contributed by atoms with E-state index in [0.717, 1.165) is 61.1 Å². The molecule has 0 saturated carbocycles. The van der Waals surface area contributed by atoms with E-state index in [4.69, 9.17) is 0 Å². The third kappa shape index (κ3) is 3.02. The fraction of sp³-hybridized carbons (Fsp3) is 0.364. The molecule has 144 valence electrons. The Bertz CT molecular complexity index is 1010. The van der Waals surface area contributed by atoms with E-state index < -0.39 is 0 Å². The van der Waals surface area contributed by atoms with E-state index in [1.54, 1.807) is 16.9 Å². The number of rotatable bonds is 4. The van der Waals surface area contributed by atoms with Crippen molar-refractivity contribution in [1.29, 1.82) is 0 Å². The minimum absolute atomic E-state index is 0.0182. The van der Waals surface area contributed by atoms with E-state index in [1.165, 1.54) is 12.1 Å². The molecule has 2 aliphatic rings. The normalized spacial score (nSPS) is 22.9. The van der Waals surface area contributed by atoms with Crippen LogP contribution in [-0.2, 0) is 0 Å². The lowest BCUT2D eigenvalue weighted by atomic mass is 10.0. The van der Waals surface area contributed by atoms with Gasteiger partial charge in [-0.25, -0.2) is 9.07 Å². The molecule has 3 aromatic rings. The Morgan fingerprint density at radius 3 is 2.79 bits per heavy atom. The third-order valence-electron chi connectivity index (χ3n) is 6.03. The number of carbonyl (C=O) groups is 1. The van der Waals surface area contributed by atoms with Crippen molar-refractivity contribution in [2.24, 2.45) is 0 Å². The van der Waals surface area contributed by atoms with Crippen LogP contribution in [0.3, 0.4) is 0 Å². The van der Waals surface area contributed by atoms with E-state index >= 15 is 0 Å². The van der Waals surface area contributed by atoms with E-state index in [0.29, 0.717) is 6.04 Å². The first-order chi connectivity index (χ1) is 13.7. The van der Waals surface area contributed by atoms with Gasteiger partial charge in [0.1, 0.15) is 5.82 Å². The van der Waals surface area contributed by atoms with Crippen molar-refractivity contribution in [1.82, 2.24) is 20.0 Å². The first-order valence-corrected chi connectivity index (χ1v) is 9.95. The summed E-state index contributed by atoms with van der Waals surface area (Å²) in [5.74, 6) is -0.0870. The maximum Gasteiger partial charge on any atom is 0.179 e. The molecule has 0 radical (unpaired) electrons. The Hall–Kier alpha value is -2.57. The van der Waals surface area contributed by atoms with Crippen LogP contribution in [0.25, 0.3) is 16.6 Å². The zero-order chi connectivity index (χ0) is 19.1. The molecule has 2 aromatic carbocycles. The summed E-state index contributed by atoms with van der Waals surface area (Å²) in [6.07, 6.45) is 4.85. The van der Waals surface area contributed by atoms with Gasteiger partial charge >= 0.3 is 0 Å². The molecule has 2 fully saturated rings. The predicted octanol–water partition coefficient (Wildman–Crippen LogP) is 3.17. The van der Waals surface area contributed by atoms with E-state index in [2.05, 4.69) is 15.3 Å². The average Bonchev–Trinajstić information content (AvgIpc) is 3.46. The van der Waals surface area contributed by atoms with Crippen molar-refractivity contribution < 1.29 is 9.18 Å². The van der Waals surface area contributed by atoms with Crippen molar-refractivity contribution in [3.63, 3.8) is 0 Å². The average molecular weight is 378 g/mol. The second-order valence-electron chi connectivity index (χ2n) is 7.71. The van der Waals surface area contributed by atoms with Gasteiger partial charge in [0.25, 0.3) is 0 Å². The van der Waals surface area contributed by atoms with Gasteiger partial charge in [-0.2, -0.15) is 5.10 Å². The van der Waals surface area contributed by atoms with E-state index in [1.807, 2.05) is 24.3 Å². The van der Waals surface area contributed by atoms with Gasteiger partial charge in [-0.15, -0.1) is 0 Å². The number of carbonyl (C=O) groups excluding carboxylic acids is 1. The molecule has 2 saturated heterocycles. The lowest BCUT2D eigenvalue weighted by molar-refractivity contribution is 0.0826. The fourth-order valence-corrected chi connectivity index (χ4v) is 4.59. The number of nitrogens with one attached hydrogen (secondary N) is 1. The zero-order valence-corrected chi connectivity index (χ0v) is 15.6. The first kappa shape index (κ1) is 17.5. The van der Waals surface area contributed by atoms with Gasteiger partial charge in [-0.3, -0.25) is 9.69 Å². The first-order valence-electron chi connectivity index (χ1n) is 9.95. The van der Waals surface area contributed by atoms with Gasteiger partial charge in [-0.05, 0) is 68.8 Å². The second-order valence-corrected chi connectivity index (χ2v) is 7.71. The lowest BCUT2D eigenvalue weighted by Gasteiger charge is -2.29. The molecule has 0 aliphatic carbocycles. The molecule has 0 bridgehead atoms. The second kappa shape index (κ2) is 7.11. The van der Waals surface area contributed by atoms with Crippen molar-refractivity contribution in [2.45, 2.75) is 31.3 Å². The molecule has 2 unspecified atom stereocenters. The van der Waals surface area contributed by atoms with Crippen LogP contribution >= 0.6 is 0 Å². The van der Waals surface area contributed by atoms with Gasteiger partial charge in [0.05, 0.1) is 23.4 Å². The monoisotopic (exact) mass is 378 g/mol. The van der Waals surface area contributed by atoms with Crippen molar-refractivity contribution in [3.05, 3.63) is 60.0 Å². The quantitative estimate of drug-likeness (QED) is 0.709. The number of hydrogen-bond donors (Lipinski definition) is 1. The number of benzene rings is 2. The molecule has 2 atom stereocenters. The van der Waals surface area contributed by atoms with Gasteiger partial charge in [0.2, 0.25) is 0 Å². The van der Waals surface area contributed by atoms with Crippen LogP contribution in [0.5, 0.6) is 0 Å². The van der Waals surface area contributed by atoms with Crippen LogP contribution in [0.15, 0.2) is 48.7 Å². The molecular weight excluding hydrogens is 355 g/mol. The van der Waals surface area contributed by atoms with Crippen LogP contribution in [0, 0.1) is 5.82 Å². The van der Waals surface area contributed by atoms with E-state index in [-0.39, 0.29) is 17.6 Å². The van der Waals surface area contributed by atoms with Crippen molar-refractivity contribution >= 4 is 16.7 Å². The van der Waals surface area contributed by atoms with Crippen LogP contribution in [0.1, 0.15) is 29.6 Å². The van der Waals surface area contributed by atoms with Crippen molar-refractivity contribution in [2.75, 3.05) is 19.6 Å². The van der Waals surface area contributed by atoms with Crippen LogP contribution < -0.4 is 5.32 Å². The molecule has 1 N–H and O–H groups in total. The topological polar surface area (TPSA) is 50.2 Å². The summed E-state index contributed by atoms with van der Waals surface area (Å²) in [4.78, 5) is 15.5. The fourth-order valence-electron chi connectivity index (χ4n) is 4.59. The predicted molar refractivity (Wildman–Crippen MR) is 106 cm³/mol. The highest BCUT2D eigenvalue weighted by Gasteiger charge is 2.36. The molecule has 5 rings (SSSR count). The van der Waals surface area contributed by atoms with Gasteiger partial charge in [0, 0.05) is 29.6 Å². The molecule has 1 aromatic heterocycles. The summed E-state index contributed by atoms with van der Waals surface area (Å²) in [6, 6.07) is 12.6. The summed E-state index contributed by atoms with van der Waals surface area (Å²) in [5.41, 5.74) is 2.27. The summed E-state index contributed by atoms with van der Waals surface area (Å²) < 4.78 is 15.3. The third-order valence-corrected chi connectivity index (χ3v) is 6.03. The molecule has 3 heterocycles. The van der Waals surface area contributed by atoms with Crippen LogP contribution in [0.2, 0.25) is 0 Å². The van der Waals surface area contributed by atoms with Crippen LogP contribution in [-0.4, -0.2) is 52.2 Å². The maximum absolute atomic E-state index is 13.6. The zero-order valence-electron chi connectivity index (χ0n) is 15.6. The summed E-state index contributed by atoms with van der Waals surface area (Å²) in [6.45, 7) is 3.02. The SMILES string of the molecule is O=C(c1ccc(-n2ncc3ccc(F)cc32)cc1)C1CCCN1C1CCNC1. The molecule has 0 amide bonds. The Morgan fingerprint density at radius 2 is 2.00 bits per heavy atom. The molecule has 0 spiro atoms. The van der Waals surface area contributed by atoms with Gasteiger partial charge in [-0.1, -0.05) is 0 Å². The van der Waals surface area contributed by atoms with E-state index in [9.17, 15) is 9.18 Å². The van der Waals surface area contributed by atoms with Crippen LogP contribution in [0.4, 0.5) is 4.39 Å². The number of nitrogens with zero attached hydrogens (tertiary/aromatic N) is 3. The summed E-state index contributed by atoms with van der Waals surface area (Å²) in [5, 5.41) is 8.66. The number of aromatic nitrogens is 2. The number of hydrogen-bond acceptors (Lipinski definition) is 4. The summed E-state index contributed by atoms with van der Waals surface area (Å²) in [7, 11) is 0. The Kier molecular flexibility index (Phi) is 4.45. The largest absolute Gasteiger partial charge is 0.315 e. The molecular formula is C22H23FN4O. The minimum atomic E-state index is -0.288. The highest BCUT2D eigenvalue weighted by molar-refractivity contribution is 6.00. The molecule has 6 heteroatoms. The molecule has 2 aliphatic heterocycles. The smallest absolute Gasteiger partial charge is 0.179 e. The highest BCUT2D eigenvalue weighted by Crippen LogP contribution is 2.26. The Labute approximate surface area is 163 Å². The number of fused-ring (bicyclic) bond motifs is 1. The summed E-state index contributed by atoms with van der Waals surface area (Å²) >= 11 is 0. The molecule has 5 nitrogen and oxygen atoms in total. The maximum atomic E-state index is 13.6. The number of likely N-dealkylation sites (tertiary alicyclic amines) is 1. The number of halogens is 1. The van der Waals surface area contributed by atoms with Gasteiger partial charge in [0.15, 0.2) is 5.78 Å². The number of Topliss-reactive ketones (excluding diaryl/α,β-unsaturated/α-hetero) is 1. The number of ketones is 1. The van der Waals surface area contributed by atoms with Gasteiger partial charge < -0.3 is 5.32 Å².